The lowest BCUT2D eigenvalue weighted by molar-refractivity contribution is -0.141. The number of aromatic nitrogens is 4. The molecule has 1 aromatic carbocycles. The van der Waals surface area contributed by atoms with Crippen LogP contribution < -0.4 is 16.4 Å². The van der Waals surface area contributed by atoms with Gasteiger partial charge in [-0.05, 0) is 43.7 Å². The van der Waals surface area contributed by atoms with Gasteiger partial charge in [0.2, 0.25) is 0 Å². The zero-order valence-electron chi connectivity index (χ0n) is 19.9. The molecule has 0 unspecified atom stereocenters. The van der Waals surface area contributed by atoms with Crippen LogP contribution in [0.3, 0.4) is 0 Å². The van der Waals surface area contributed by atoms with Gasteiger partial charge in [0, 0.05) is 30.5 Å². The smallest absolute Gasteiger partial charge is 0.382 e. The fourth-order valence-electron chi connectivity index (χ4n) is 3.83. The first kappa shape index (κ1) is 25.4. The van der Waals surface area contributed by atoms with Crippen LogP contribution in [0, 0.1) is 0 Å². The van der Waals surface area contributed by atoms with Gasteiger partial charge in [-0.1, -0.05) is 18.2 Å². The summed E-state index contributed by atoms with van der Waals surface area (Å²) in [6.07, 6.45) is -1.74. The molecule has 0 radical (unpaired) electrons. The molecule has 192 valence electrons. The SMILES string of the molecule is CCN(CC)C(=O)c1cn2ncnc(N)c2c1-c1ccc(NC(=O)Nc2cccc(C(F)(F)F)n2)cc1. The van der Waals surface area contributed by atoms with Gasteiger partial charge in [-0.25, -0.2) is 19.3 Å². The minimum Gasteiger partial charge on any atom is -0.382 e. The molecule has 0 saturated carbocycles. The number of halogens is 3. The molecule has 3 heterocycles. The number of urea groups is 1. The predicted octanol–water partition coefficient (Wildman–Crippen LogP) is 4.52. The Balaban J connectivity index is 1.60. The molecule has 13 heteroatoms. The number of nitrogen functional groups attached to an aromatic ring is 1. The molecule has 0 bridgehead atoms. The average molecular weight is 512 g/mol. The molecule has 10 nitrogen and oxygen atoms in total. The largest absolute Gasteiger partial charge is 0.433 e. The van der Waals surface area contributed by atoms with E-state index in [0.717, 1.165) is 12.1 Å². The molecule has 4 aromatic rings. The Kier molecular flexibility index (Phi) is 6.96. The number of carbonyl (C=O) groups is 2. The van der Waals surface area contributed by atoms with Gasteiger partial charge < -0.3 is 16.0 Å². The molecule has 0 aliphatic heterocycles. The van der Waals surface area contributed by atoms with E-state index in [1.807, 2.05) is 13.8 Å². The molecule has 37 heavy (non-hydrogen) atoms. The molecule has 0 saturated heterocycles. The van der Waals surface area contributed by atoms with Gasteiger partial charge in [0.1, 0.15) is 23.4 Å². The van der Waals surface area contributed by atoms with Crippen molar-refractivity contribution in [3.63, 3.8) is 0 Å². The van der Waals surface area contributed by atoms with Crippen LogP contribution in [0.15, 0.2) is 55.0 Å². The first-order chi connectivity index (χ1) is 17.6. The summed E-state index contributed by atoms with van der Waals surface area (Å²) in [7, 11) is 0. The van der Waals surface area contributed by atoms with Gasteiger partial charge >= 0.3 is 12.2 Å². The van der Waals surface area contributed by atoms with Crippen molar-refractivity contribution in [3.8, 4) is 11.1 Å². The second-order valence-electron chi connectivity index (χ2n) is 7.90. The fourth-order valence-corrected chi connectivity index (χ4v) is 3.83. The van der Waals surface area contributed by atoms with E-state index in [0.29, 0.717) is 41.0 Å². The topological polar surface area (TPSA) is 131 Å². The zero-order valence-corrected chi connectivity index (χ0v) is 19.9. The van der Waals surface area contributed by atoms with Gasteiger partial charge in [0.05, 0.1) is 5.56 Å². The maximum Gasteiger partial charge on any atom is 0.433 e. The number of carbonyl (C=O) groups excluding carboxylic acids is 2. The normalized spacial score (nSPS) is 11.4. The van der Waals surface area contributed by atoms with Gasteiger partial charge in [-0.15, -0.1) is 0 Å². The number of benzene rings is 1. The second-order valence-corrected chi connectivity index (χ2v) is 7.90. The molecule has 0 aliphatic carbocycles. The Morgan fingerprint density at radius 1 is 1.05 bits per heavy atom. The highest BCUT2D eigenvalue weighted by molar-refractivity contribution is 6.07. The molecule has 3 amide bonds. The van der Waals surface area contributed by atoms with Crippen LogP contribution in [-0.2, 0) is 6.18 Å². The standard InChI is InChI=1S/C24H23F3N8O2/c1-3-34(4-2)22(36)16-12-35-20(21(28)29-13-30-35)19(16)14-8-10-15(11-9-14)31-23(37)33-18-7-5-6-17(32-18)24(25,26)27/h5-13H,3-4H2,1-2H3,(H2,28,29,30)(H2,31,32,33,37). The molecule has 4 N–H and O–H groups in total. The number of pyridine rings is 1. The quantitative estimate of drug-likeness (QED) is 0.348. The number of hydrogen-bond donors (Lipinski definition) is 3. The molecule has 0 aliphatic rings. The number of nitrogens with two attached hydrogens (primary N) is 1. The third-order valence-electron chi connectivity index (χ3n) is 5.60. The third kappa shape index (κ3) is 5.29. The lowest BCUT2D eigenvalue weighted by Crippen LogP contribution is -2.30. The molecular weight excluding hydrogens is 489 g/mol. The van der Waals surface area contributed by atoms with Crippen molar-refractivity contribution in [2.45, 2.75) is 20.0 Å². The summed E-state index contributed by atoms with van der Waals surface area (Å²) >= 11 is 0. The maximum absolute atomic E-state index is 13.2. The minimum atomic E-state index is -4.63. The Bertz CT molecular complexity index is 1450. The number of fused-ring (bicyclic) bond motifs is 1. The predicted molar refractivity (Wildman–Crippen MR) is 132 cm³/mol. The molecule has 0 atom stereocenters. The minimum absolute atomic E-state index is 0.193. The Morgan fingerprint density at radius 3 is 2.41 bits per heavy atom. The molecule has 0 spiro atoms. The van der Waals surface area contributed by atoms with E-state index in [9.17, 15) is 22.8 Å². The average Bonchev–Trinajstić information content (AvgIpc) is 3.26. The van der Waals surface area contributed by atoms with E-state index < -0.39 is 17.9 Å². The lowest BCUT2D eigenvalue weighted by Gasteiger charge is -2.19. The Morgan fingerprint density at radius 2 is 1.76 bits per heavy atom. The van der Waals surface area contributed by atoms with E-state index in [-0.39, 0.29) is 17.5 Å². The summed E-state index contributed by atoms with van der Waals surface area (Å²) in [5, 5.41) is 8.99. The van der Waals surface area contributed by atoms with Crippen molar-refractivity contribution in [1.82, 2.24) is 24.5 Å². The Labute approximate surface area is 209 Å². The summed E-state index contributed by atoms with van der Waals surface area (Å²) in [5.41, 5.74) is 7.39. The Hall–Kier alpha value is -4.68. The van der Waals surface area contributed by atoms with E-state index in [2.05, 4.69) is 25.7 Å². The highest BCUT2D eigenvalue weighted by atomic mass is 19.4. The highest BCUT2D eigenvalue weighted by Gasteiger charge is 2.32. The first-order valence-corrected chi connectivity index (χ1v) is 11.3. The van der Waals surface area contributed by atoms with Gasteiger partial charge in [0.15, 0.2) is 5.82 Å². The number of anilines is 3. The summed E-state index contributed by atoms with van der Waals surface area (Å²) in [5.74, 6) is -0.252. The van der Waals surface area contributed by atoms with Crippen molar-refractivity contribution >= 4 is 34.8 Å². The van der Waals surface area contributed by atoms with Crippen LogP contribution in [0.25, 0.3) is 16.6 Å². The maximum atomic E-state index is 13.2. The zero-order chi connectivity index (χ0) is 26.7. The van der Waals surface area contributed by atoms with Crippen LogP contribution in [-0.4, -0.2) is 49.5 Å². The number of rotatable bonds is 6. The second kappa shape index (κ2) is 10.1. The van der Waals surface area contributed by atoms with Crippen LogP contribution in [0.1, 0.15) is 29.9 Å². The van der Waals surface area contributed by atoms with Crippen LogP contribution in [0.2, 0.25) is 0 Å². The van der Waals surface area contributed by atoms with Crippen molar-refractivity contribution in [3.05, 3.63) is 66.2 Å². The van der Waals surface area contributed by atoms with Crippen LogP contribution in [0.4, 0.5) is 35.3 Å². The first-order valence-electron chi connectivity index (χ1n) is 11.3. The van der Waals surface area contributed by atoms with E-state index in [1.165, 1.54) is 16.9 Å². The third-order valence-corrected chi connectivity index (χ3v) is 5.60. The summed E-state index contributed by atoms with van der Waals surface area (Å²) in [6, 6.07) is 8.96. The lowest BCUT2D eigenvalue weighted by atomic mass is 10.0. The van der Waals surface area contributed by atoms with Gasteiger partial charge in [-0.3, -0.25) is 10.1 Å². The number of nitrogens with zero attached hydrogens (tertiary/aromatic N) is 5. The number of alkyl halides is 3. The van der Waals surface area contributed by atoms with Crippen molar-refractivity contribution in [1.29, 1.82) is 0 Å². The summed E-state index contributed by atoms with van der Waals surface area (Å²) in [6.45, 7) is 4.79. The van der Waals surface area contributed by atoms with Crippen molar-refractivity contribution in [2.75, 3.05) is 29.5 Å². The monoisotopic (exact) mass is 512 g/mol. The van der Waals surface area contributed by atoms with Crippen molar-refractivity contribution in [2.24, 2.45) is 0 Å². The fraction of sp³-hybridized carbons (Fsp3) is 0.208. The molecule has 0 fully saturated rings. The molecular formula is C24H23F3N8O2. The van der Waals surface area contributed by atoms with E-state index in [4.69, 9.17) is 5.73 Å². The van der Waals surface area contributed by atoms with Crippen molar-refractivity contribution < 1.29 is 22.8 Å². The van der Waals surface area contributed by atoms with E-state index in [1.54, 1.807) is 35.4 Å². The van der Waals surface area contributed by atoms with Gasteiger partial charge in [0.25, 0.3) is 5.91 Å². The number of hydrogen-bond acceptors (Lipinski definition) is 6. The van der Waals surface area contributed by atoms with Crippen LogP contribution in [0.5, 0.6) is 0 Å². The molecule has 3 aromatic heterocycles. The summed E-state index contributed by atoms with van der Waals surface area (Å²) < 4.78 is 40.1. The highest BCUT2D eigenvalue weighted by Crippen LogP contribution is 2.34. The summed E-state index contributed by atoms with van der Waals surface area (Å²) in [4.78, 5) is 34.7. The van der Waals surface area contributed by atoms with Gasteiger partial charge in [-0.2, -0.15) is 18.3 Å². The van der Waals surface area contributed by atoms with E-state index >= 15 is 0 Å². The molecule has 4 rings (SSSR count). The number of amides is 3. The number of nitrogens with one attached hydrogen (secondary N) is 2. The van der Waals surface area contributed by atoms with Crippen LogP contribution >= 0.6 is 0 Å².